The van der Waals surface area contributed by atoms with Gasteiger partial charge in [-0.2, -0.15) is 0 Å². The molecule has 0 aromatic carbocycles. The molecule has 1 rings (SSSR count). The van der Waals surface area contributed by atoms with Crippen molar-refractivity contribution in [2.24, 2.45) is 0 Å². The third kappa shape index (κ3) is 4.56. The van der Waals surface area contributed by atoms with Gasteiger partial charge in [-0.05, 0) is 33.2 Å². The number of pyridine rings is 1. The topological polar surface area (TPSA) is 59.4 Å². The predicted molar refractivity (Wildman–Crippen MR) is 83.4 cm³/mol. The third-order valence-corrected chi connectivity index (χ3v) is 4.70. The van der Waals surface area contributed by atoms with E-state index in [-0.39, 0.29) is 6.61 Å². The molecule has 1 unspecified atom stereocenters. The monoisotopic (exact) mass is 397 g/mol. The van der Waals surface area contributed by atoms with Crippen molar-refractivity contribution in [2.75, 3.05) is 13.3 Å². The van der Waals surface area contributed by atoms with E-state index in [0.29, 0.717) is 23.3 Å². The zero-order valence-electron chi connectivity index (χ0n) is 10.0. The first-order chi connectivity index (χ1) is 8.53. The van der Waals surface area contributed by atoms with Crippen molar-refractivity contribution >= 4 is 42.9 Å². The molecular weight excluding hydrogens is 384 g/mol. The second-order valence-electron chi connectivity index (χ2n) is 3.43. The van der Waals surface area contributed by atoms with Crippen LogP contribution in [0.4, 0.5) is 0 Å². The van der Waals surface area contributed by atoms with Crippen molar-refractivity contribution in [1.82, 2.24) is 4.98 Å². The summed E-state index contributed by atoms with van der Waals surface area (Å²) in [5.74, 6) is 2.90. The largest absolute Gasteiger partial charge is 0.390 e. The molecule has 7 heteroatoms. The number of hydrogen-bond acceptors (Lipinski definition) is 5. The van der Waals surface area contributed by atoms with Gasteiger partial charge in [0.1, 0.15) is 5.44 Å². The van der Waals surface area contributed by atoms with E-state index in [2.05, 4.69) is 37.4 Å². The lowest BCUT2D eigenvalue weighted by Crippen LogP contribution is -2.14. The maximum atomic E-state index is 12.3. The van der Waals surface area contributed by atoms with Crippen LogP contribution in [0.2, 0.25) is 0 Å². The number of aliphatic hydroxyl groups is 1. The molecule has 0 fully saturated rings. The van der Waals surface area contributed by atoms with Crippen LogP contribution in [0.5, 0.6) is 0 Å². The van der Waals surface area contributed by atoms with Gasteiger partial charge in [-0.1, -0.05) is 5.92 Å². The Morgan fingerprint density at radius 2 is 2.33 bits per heavy atom. The molecule has 0 amide bonds. The van der Waals surface area contributed by atoms with Gasteiger partial charge < -0.3 is 9.63 Å². The lowest BCUT2D eigenvalue weighted by atomic mass is 10.2. The summed E-state index contributed by atoms with van der Waals surface area (Å²) in [5, 5.41) is 12.0. The summed E-state index contributed by atoms with van der Waals surface area (Å²) < 4.78 is 17.5. The zero-order chi connectivity index (χ0) is 13.6. The summed E-state index contributed by atoms with van der Waals surface area (Å²) >= 11 is 2.07. The molecule has 0 saturated heterocycles. The molecule has 1 atom stereocenters. The first kappa shape index (κ1) is 16.0. The quantitative estimate of drug-likeness (QED) is 0.481. The minimum absolute atomic E-state index is 0.216. The summed E-state index contributed by atoms with van der Waals surface area (Å²) in [5.41, 5.74) is 1.46. The lowest BCUT2D eigenvalue weighted by Gasteiger charge is -2.13. The van der Waals surface area contributed by atoms with Gasteiger partial charge in [-0.3, -0.25) is 4.57 Å². The van der Waals surface area contributed by atoms with Crippen LogP contribution in [-0.2, 0) is 15.7 Å². The van der Waals surface area contributed by atoms with Crippen LogP contribution in [0.3, 0.4) is 0 Å². The summed E-state index contributed by atoms with van der Waals surface area (Å²) in [7, 11) is -1.58. The standard InChI is InChI=1S/C11H13INO3PS/c1-3-16-17(2,15)11-7-9(4-5-18-12)6-10(8-14)13-11/h6-7,14H,3,8H2,1-2H3. The third-order valence-electron chi connectivity index (χ3n) is 2.05. The van der Waals surface area contributed by atoms with Gasteiger partial charge in [0.15, 0.2) is 0 Å². The van der Waals surface area contributed by atoms with Gasteiger partial charge in [0.2, 0.25) is 7.37 Å². The molecule has 1 aromatic rings. The highest BCUT2D eigenvalue weighted by atomic mass is 127. The molecule has 98 valence electrons. The number of rotatable bonds is 4. The second-order valence-corrected chi connectivity index (χ2v) is 7.52. The van der Waals surface area contributed by atoms with E-state index in [1.165, 1.54) is 15.6 Å². The molecule has 1 heterocycles. The van der Waals surface area contributed by atoms with E-state index < -0.39 is 7.37 Å². The smallest absolute Gasteiger partial charge is 0.247 e. The Kier molecular flexibility index (Phi) is 6.67. The molecule has 0 radical (unpaired) electrons. The number of aromatic nitrogens is 1. The summed E-state index contributed by atoms with van der Waals surface area (Å²) in [6.07, 6.45) is 0. The molecule has 1 N–H and O–H groups in total. The fourth-order valence-corrected chi connectivity index (χ4v) is 3.12. The molecule has 0 aliphatic rings. The fourth-order valence-electron chi connectivity index (χ4n) is 1.32. The lowest BCUT2D eigenvalue weighted by molar-refractivity contribution is 0.277. The number of nitrogens with zero attached hydrogens (tertiary/aromatic N) is 1. The Hall–Kier alpha value is -0.0600. The molecule has 0 aliphatic heterocycles. The van der Waals surface area contributed by atoms with E-state index in [1.54, 1.807) is 19.1 Å². The predicted octanol–water partition coefficient (Wildman–Crippen LogP) is 2.54. The van der Waals surface area contributed by atoms with Crippen LogP contribution < -0.4 is 5.44 Å². The van der Waals surface area contributed by atoms with Crippen molar-refractivity contribution in [3.63, 3.8) is 0 Å². The first-order valence-electron chi connectivity index (χ1n) is 5.16. The minimum atomic E-state index is -2.94. The normalized spacial score (nSPS) is 13.6. The van der Waals surface area contributed by atoms with E-state index in [9.17, 15) is 4.57 Å². The molecule has 0 aliphatic carbocycles. The van der Waals surface area contributed by atoms with Crippen molar-refractivity contribution in [2.45, 2.75) is 13.5 Å². The van der Waals surface area contributed by atoms with Crippen LogP contribution in [0.15, 0.2) is 12.1 Å². The molecule has 0 saturated carbocycles. The average molecular weight is 397 g/mol. The van der Waals surface area contributed by atoms with E-state index in [0.717, 1.165) is 0 Å². The highest BCUT2D eigenvalue weighted by Gasteiger charge is 2.21. The summed E-state index contributed by atoms with van der Waals surface area (Å²) in [4.78, 5) is 4.14. The summed E-state index contributed by atoms with van der Waals surface area (Å²) in [6.45, 7) is 3.43. The van der Waals surface area contributed by atoms with Gasteiger partial charge in [-0.15, -0.1) is 0 Å². The van der Waals surface area contributed by atoms with Gasteiger partial charge in [0.05, 0.1) is 18.9 Å². The number of hydrogen-bond donors (Lipinski definition) is 1. The fraction of sp³-hybridized carbons (Fsp3) is 0.364. The molecule has 0 spiro atoms. The maximum absolute atomic E-state index is 12.3. The molecule has 0 bridgehead atoms. The molecular formula is C11H13INO3PS. The van der Waals surface area contributed by atoms with Crippen molar-refractivity contribution in [3.05, 3.63) is 23.4 Å². The molecule has 1 aromatic heterocycles. The van der Waals surface area contributed by atoms with E-state index in [1.807, 2.05) is 0 Å². The molecule has 18 heavy (non-hydrogen) atoms. The summed E-state index contributed by atoms with van der Waals surface area (Å²) in [6, 6.07) is 3.32. The highest BCUT2D eigenvalue weighted by Crippen LogP contribution is 2.40. The number of halogens is 1. The Balaban J connectivity index is 3.23. The van der Waals surface area contributed by atoms with Crippen molar-refractivity contribution < 1.29 is 14.2 Å². The zero-order valence-corrected chi connectivity index (χ0v) is 13.9. The van der Waals surface area contributed by atoms with E-state index in [4.69, 9.17) is 9.63 Å². The Morgan fingerprint density at radius 1 is 1.61 bits per heavy atom. The molecule has 4 nitrogen and oxygen atoms in total. The highest BCUT2D eigenvalue weighted by molar-refractivity contribution is 14.2. The Bertz CT molecular complexity index is 527. The van der Waals surface area contributed by atoms with Gasteiger partial charge in [0.25, 0.3) is 0 Å². The van der Waals surface area contributed by atoms with Gasteiger partial charge >= 0.3 is 0 Å². The van der Waals surface area contributed by atoms with E-state index >= 15 is 0 Å². The van der Waals surface area contributed by atoms with Gasteiger partial charge in [0, 0.05) is 33.4 Å². The minimum Gasteiger partial charge on any atom is -0.390 e. The van der Waals surface area contributed by atoms with Gasteiger partial charge in [-0.25, -0.2) is 4.98 Å². The average Bonchev–Trinajstić information content (AvgIpc) is 2.35. The van der Waals surface area contributed by atoms with Crippen LogP contribution in [-0.4, -0.2) is 23.4 Å². The second kappa shape index (κ2) is 7.51. The van der Waals surface area contributed by atoms with Crippen LogP contribution in [0.25, 0.3) is 0 Å². The van der Waals surface area contributed by atoms with Crippen molar-refractivity contribution in [3.8, 4) is 11.2 Å². The first-order valence-corrected chi connectivity index (χ1v) is 10.6. The van der Waals surface area contributed by atoms with Crippen LogP contribution >= 0.6 is 37.5 Å². The Labute approximate surface area is 123 Å². The SMILES string of the molecule is CCOP(C)(=O)c1cc(C#CSI)cc(CO)n1. The number of aliphatic hydroxyl groups excluding tert-OH is 1. The van der Waals surface area contributed by atoms with Crippen LogP contribution in [0, 0.1) is 11.2 Å². The van der Waals surface area contributed by atoms with Crippen molar-refractivity contribution in [1.29, 1.82) is 0 Å². The maximum Gasteiger partial charge on any atom is 0.247 e. The van der Waals surface area contributed by atoms with Crippen LogP contribution in [0.1, 0.15) is 18.2 Å². The Morgan fingerprint density at radius 3 is 2.89 bits per heavy atom.